The lowest BCUT2D eigenvalue weighted by Gasteiger charge is -2.36. The molecule has 0 aromatic heterocycles. The van der Waals surface area contributed by atoms with Crippen LogP contribution in [-0.4, -0.2) is 79.3 Å². The Labute approximate surface area is 200 Å². The Kier molecular flexibility index (Phi) is 10.6. The van der Waals surface area contributed by atoms with Gasteiger partial charge in [0.15, 0.2) is 5.96 Å². The summed E-state index contributed by atoms with van der Waals surface area (Å²) in [7, 11) is 0. The molecule has 0 bridgehead atoms. The molecule has 3 rings (SSSR count). The molecule has 1 aromatic rings. The zero-order valence-electron chi connectivity index (χ0n) is 17.4. The van der Waals surface area contributed by atoms with Crippen LogP contribution in [0.2, 0.25) is 5.02 Å². The van der Waals surface area contributed by atoms with E-state index in [4.69, 9.17) is 16.3 Å². The zero-order chi connectivity index (χ0) is 20.6. The van der Waals surface area contributed by atoms with Crippen molar-refractivity contribution < 1.29 is 14.6 Å². The fourth-order valence-electron chi connectivity index (χ4n) is 3.82. The number of piperidine rings is 1. The SMILES string of the molecule is CCNC(=NCC(O)c1ccccc1Cl)N1CCC(C(=O)N2CCOCC2)CC1.I. The molecule has 168 valence electrons. The highest BCUT2D eigenvalue weighted by molar-refractivity contribution is 14.0. The van der Waals surface area contributed by atoms with E-state index < -0.39 is 6.10 Å². The van der Waals surface area contributed by atoms with Crippen molar-refractivity contribution in [3.8, 4) is 0 Å². The average Bonchev–Trinajstić information content (AvgIpc) is 2.77. The third-order valence-electron chi connectivity index (χ3n) is 5.48. The number of rotatable bonds is 5. The Morgan fingerprint density at radius 3 is 2.53 bits per heavy atom. The number of carbonyl (C=O) groups excluding carboxylic acids is 1. The number of morpholine rings is 1. The lowest BCUT2D eigenvalue weighted by molar-refractivity contribution is -0.140. The summed E-state index contributed by atoms with van der Waals surface area (Å²) >= 11 is 6.18. The Bertz CT molecular complexity index is 707. The van der Waals surface area contributed by atoms with E-state index in [1.807, 2.05) is 30.0 Å². The zero-order valence-corrected chi connectivity index (χ0v) is 20.5. The van der Waals surface area contributed by atoms with Crippen molar-refractivity contribution in [2.45, 2.75) is 25.9 Å². The minimum absolute atomic E-state index is 0. The van der Waals surface area contributed by atoms with Gasteiger partial charge >= 0.3 is 0 Å². The van der Waals surface area contributed by atoms with E-state index in [9.17, 15) is 9.90 Å². The number of nitrogens with one attached hydrogen (secondary N) is 1. The molecular weight excluding hydrogens is 519 g/mol. The number of aliphatic hydroxyl groups is 1. The normalized spacial score (nSPS) is 19.2. The van der Waals surface area contributed by atoms with Crippen molar-refractivity contribution in [3.05, 3.63) is 34.9 Å². The second-order valence-corrected chi connectivity index (χ2v) is 7.84. The molecule has 2 saturated heterocycles. The van der Waals surface area contributed by atoms with Gasteiger partial charge < -0.3 is 25.0 Å². The summed E-state index contributed by atoms with van der Waals surface area (Å²) in [5, 5.41) is 14.3. The number of hydrogen-bond acceptors (Lipinski definition) is 4. The van der Waals surface area contributed by atoms with Gasteiger partial charge in [0.2, 0.25) is 5.91 Å². The summed E-state index contributed by atoms with van der Waals surface area (Å²) in [4.78, 5) is 21.5. The molecular formula is C21H32ClIN4O3. The number of halogens is 2. The van der Waals surface area contributed by atoms with Crippen molar-refractivity contribution >= 4 is 47.4 Å². The fraction of sp³-hybridized carbons (Fsp3) is 0.619. The van der Waals surface area contributed by atoms with E-state index in [-0.39, 0.29) is 42.3 Å². The third kappa shape index (κ3) is 6.70. The lowest BCUT2D eigenvalue weighted by Crippen LogP contribution is -2.50. The van der Waals surface area contributed by atoms with Crippen LogP contribution < -0.4 is 5.32 Å². The van der Waals surface area contributed by atoms with Crippen LogP contribution in [0.4, 0.5) is 0 Å². The first-order valence-electron chi connectivity index (χ1n) is 10.4. The molecule has 2 heterocycles. The second-order valence-electron chi connectivity index (χ2n) is 7.43. The molecule has 1 amide bonds. The third-order valence-corrected chi connectivity index (χ3v) is 5.82. The Balaban J connectivity index is 0.00000320. The molecule has 2 N–H and O–H groups in total. The first-order valence-corrected chi connectivity index (χ1v) is 10.8. The summed E-state index contributed by atoms with van der Waals surface area (Å²) in [6, 6.07) is 7.29. The maximum Gasteiger partial charge on any atom is 0.225 e. The number of nitrogens with zero attached hydrogens (tertiary/aromatic N) is 3. The van der Waals surface area contributed by atoms with Crippen molar-refractivity contribution in [2.75, 3.05) is 52.5 Å². The van der Waals surface area contributed by atoms with Crippen LogP contribution >= 0.6 is 35.6 Å². The molecule has 1 unspecified atom stereocenters. The van der Waals surface area contributed by atoms with Crippen LogP contribution in [0.1, 0.15) is 31.4 Å². The van der Waals surface area contributed by atoms with E-state index in [2.05, 4.69) is 15.2 Å². The number of guanidine groups is 1. The molecule has 1 atom stereocenters. The smallest absolute Gasteiger partial charge is 0.225 e. The highest BCUT2D eigenvalue weighted by Gasteiger charge is 2.30. The maximum atomic E-state index is 12.7. The average molecular weight is 551 g/mol. The molecule has 0 aliphatic carbocycles. The van der Waals surface area contributed by atoms with Gasteiger partial charge in [0.1, 0.15) is 6.10 Å². The molecule has 9 heteroatoms. The van der Waals surface area contributed by atoms with E-state index in [0.717, 1.165) is 38.4 Å². The van der Waals surface area contributed by atoms with E-state index in [0.29, 0.717) is 36.9 Å². The number of aliphatic imine (C=N–C) groups is 1. The van der Waals surface area contributed by atoms with Gasteiger partial charge in [0.05, 0.1) is 19.8 Å². The first-order chi connectivity index (χ1) is 14.1. The molecule has 1 aromatic carbocycles. The number of ether oxygens (including phenoxy) is 1. The number of likely N-dealkylation sites (tertiary alicyclic amines) is 1. The minimum atomic E-state index is -0.752. The number of carbonyl (C=O) groups is 1. The Morgan fingerprint density at radius 1 is 1.23 bits per heavy atom. The van der Waals surface area contributed by atoms with E-state index in [1.54, 1.807) is 6.07 Å². The van der Waals surface area contributed by atoms with Gasteiger partial charge in [0.25, 0.3) is 0 Å². The lowest BCUT2D eigenvalue weighted by atomic mass is 9.95. The van der Waals surface area contributed by atoms with Crippen molar-refractivity contribution in [3.63, 3.8) is 0 Å². The molecule has 0 radical (unpaired) electrons. The topological polar surface area (TPSA) is 77.4 Å². The van der Waals surface area contributed by atoms with Gasteiger partial charge in [-0.05, 0) is 25.8 Å². The number of benzene rings is 1. The number of amides is 1. The quantitative estimate of drug-likeness (QED) is 0.335. The molecule has 30 heavy (non-hydrogen) atoms. The van der Waals surface area contributed by atoms with Gasteiger partial charge in [-0.25, -0.2) is 0 Å². The van der Waals surface area contributed by atoms with E-state index in [1.165, 1.54) is 0 Å². The molecule has 7 nitrogen and oxygen atoms in total. The monoisotopic (exact) mass is 550 g/mol. The highest BCUT2D eigenvalue weighted by Crippen LogP contribution is 2.23. The van der Waals surface area contributed by atoms with Gasteiger partial charge in [-0.15, -0.1) is 24.0 Å². The number of hydrogen-bond donors (Lipinski definition) is 2. The van der Waals surface area contributed by atoms with Crippen LogP contribution in [0.5, 0.6) is 0 Å². The first kappa shape index (κ1) is 25.2. The minimum Gasteiger partial charge on any atom is -0.386 e. The Hall–Kier alpha value is -1.10. The van der Waals surface area contributed by atoms with Gasteiger partial charge in [-0.2, -0.15) is 0 Å². The summed E-state index contributed by atoms with van der Waals surface area (Å²) in [5.74, 6) is 1.10. The van der Waals surface area contributed by atoms with Gasteiger partial charge in [0, 0.05) is 49.2 Å². The predicted molar refractivity (Wildman–Crippen MR) is 130 cm³/mol. The summed E-state index contributed by atoms with van der Waals surface area (Å²) in [6.07, 6.45) is 0.874. The summed E-state index contributed by atoms with van der Waals surface area (Å²) in [6.45, 7) is 7.21. The van der Waals surface area contributed by atoms with Crippen LogP contribution in [0.3, 0.4) is 0 Å². The van der Waals surface area contributed by atoms with Crippen LogP contribution in [-0.2, 0) is 9.53 Å². The standard InChI is InChI=1S/C21H31ClN4O3.HI/c1-2-23-21(24-15-19(27)17-5-3-4-6-18(17)22)26-9-7-16(8-10-26)20(28)25-11-13-29-14-12-25;/h3-6,16,19,27H,2,7-15H2,1H3,(H,23,24);1H. The van der Waals surface area contributed by atoms with Gasteiger partial charge in [-0.1, -0.05) is 29.8 Å². The van der Waals surface area contributed by atoms with Crippen LogP contribution in [0.15, 0.2) is 29.3 Å². The largest absolute Gasteiger partial charge is 0.386 e. The molecule has 0 spiro atoms. The van der Waals surface area contributed by atoms with Gasteiger partial charge in [-0.3, -0.25) is 9.79 Å². The fourth-order valence-corrected chi connectivity index (χ4v) is 4.08. The van der Waals surface area contributed by atoms with E-state index >= 15 is 0 Å². The number of aliphatic hydroxyl groups excluding tert-OH is 1. The maximum absolute atomic E-state index is 12.7. The second kappa shape index (κ2) is 12.7. The van der Waals surface area contributed by atoms with Crippen molar-refractivity contribution in [1.29, 1.82) is 0 Å². The molecule has 0 saturated carbocycles. The van der Waals surface area contributed by atoms with Crippen molar-refractivity contribution in [1.82, 2.24) is 15.1 Å². The Morgan fingerprint density at radius 2 is 1.90 bits per heavy atom. The van der Waals surface area contributed by atoms with Crippen molar-refractivity contribution in [2.24, 2.45) is 10.9 Å². The predicted octanol–water partition coefficient (Wildman–Crippen LogP) is 2.53. The summed E-state index contributed by atoms with van der Waals surface area (Å²) < 4.78 is 5.34. The van der Waals surface area contributed by atoms with Crippen LogP contribution in [0.25, 0.3) is 0 Å². The van der Waals surface area contributed by atoms with Crippen LogP contribution in [0, 0.1) is 5.92 Å². The highest BCUT2D eigenvalue weighted by atomic mass is 127. The molecule has 2 fully saturated rings. The molecule has 2 aliphatic heterocycles. The summed E-state index contributed by atoms with van der Waals surface area (Å²) in [5.41, 5.74) is 0.684. The molecule has 2 aliphatic rings.